The van der Waals surface area contributed by atoms with Crippen LogP contribution in [0.3, 0.4) is 0 Å². The summed E-state index contributed by atoms with van der Waals surface area (Å²) in [5.74, 6) is 0.0132. The second-order valence-corrected chi connectivity index (χ2v) is 4.40. The average Bonchev–Trinajstić information content (AvgIpc) is 2.15. The molecule has 1 aliphatic heterocycles. The highest BCUT2D eigenvalue weighted by Gasteiger charge is 2.40. The molecule has 2 fully saturated rings. The number of hydrogen-bond donors (Lipinski definition) is 2. The first-order valence-electron chi connectivity index (χ1n) is 5.38. The summed E-state index contributed by atoms with van der Waals surface area (Å²) in [5, 5.41) is 2.97. The van der Waals surface area contributed by atoms with Crippen LogP contribution in [-0.2, 0) is 9.53 Å². The number of carbonyl (C=O) groups excluding carboxylic acids is 1. The van der Waals surface area contributed by atoms with Crippen LogP contribution in [0, 0.1) is 0 Å². The molecule has 2 aliphatic rings. The molecule has 1 atom stereocenters. The van der Waals surface area contributed by atoms with Crippen molar-refractivity contribution in [2.75, 3.05) is 13.2 Å². The largest absolute Gasteiger partial charge is 0.379 e. The Morgan fingerprint density at radius 3 is 2.71 bits per heavy atom. The number of nitrogens with two attached hydrogens (primary N) is 1. The zero-order chi connectivity index (χ0) is 10.0. The predicted molar refractivity (Wildman–Crippen MR) is 52.8 cm³/mol. The first kappa shape index (κ1) is 9.93. The molecule has 14 heavy (non-hydrogen) atoms. The summed E-state index contributed by atoms with van der Waals surface area (Å²) in [6, 6.07) is 0.178. The van der Waals surface area contributed by atoms with Crippen molar-refractivity contribution < 1.29 is 9.53 Å². The van der Waals surface area contributed by atoms with E-state index in [9.17, 15) is 4.79 Å². The van der Waals surface area contributed by atoms with Crippen LogP contribution in [0.5, 0.6) is 0 Å². The lowest BCUT2D eigenvalue weighted by Gasteiger charge is -2.38. The Balaban J connectivity index is 1.81. The molecule has 4 nitrogen and oxygen atoms in total. The fourth-order valence-corrected chi connectivity index (χ4v) is 1.97. The third-order valence-corrected chi connectivity index (χ3v) is 3.19. The molecule has 0 aromatic rings. The minimum absolute atomic E-state index is 0.0132. The van der Waals surface area contributed by atoms with E-state index in [-0.39, 0.29) is 11.9 Å². The molecule has 4 heteroatoms. The third kappa shape index (κ3) is 1.91. The Morgan fingerprint density at radius 1 is 1.43 bits per heavy atom. The molecule has 1 saturated heterocycles. The van der Waals surface area contributed by atoms with Gasteiger partial charge in [-0.1, -0.05) is 0 Å². The Labute approximate surface area is 84.2 Å². The zero-order valence-electron chi connectivity index (χ0n) is 8.42. The van der Waals surface area contributed by atoms with E-state index < -0.39 is 5.54 Å². The number of ether oxygens (including phenoxy) is 1. The fraction of sp³-hybridized carbons (Fsp3) is 0.900. The minimum atomic E-state index is -0.572. The van der Waals surface area contributed by atoms with Crippen molar-refractivity contribution in [2.45, 2.75) is 43.7 Å². The van der Waals surface area contributed by atoms with Crippen LogP contribution < -0.4 is 11.1 Å². The number of nitrogens with one attached hydrogen (secondary N) is 1. The van der Waals surface area contributed by atoms with Crippen LogP contribution in [-0.4, -0.2) is 30.7 Å². The molecule has 3 N–H and O–H groups in total. The third-order valence-electron chi connectivity index (χ3n) is 3.19. The highest BCUT2D eigenvalue weighted by atomic mass is 16.5. The van der Waals surface area contributed by atoms with Crippen LogP contribution in [0.25, 0.3) is 0 Å². The maximum absolute atomic E-state index is 11.7. The van der Waals surface area contributed by atoms with Crippen LogP contribution in [0.4, 0.5) is 0 Å². The Kier molecular flexibility index (Phi) is 2.74. The lowest BCUT2D eigenvalue weighted by atomic mass is 9.77. The minimum Gasteiger partial charge on any atom is -0.379 e. The van der Waals surface area contributed by atoms with Gasteiger partial charge in [0.05, 0.1) is 18.2 Å². The van der Waals surface area contributed by atoms with E-state index in [0.717, 1.165) is 38.7 Å². The highest BCUT2D eigenvalue weighted by Crippen LogP contribution is 2.29. The monoisotopic (exact) mass is 198 g/mol. The van der Waals surface area contributed by atoms with E-state index in [0.29, 0.717) is 6.61 Å². The normalized spacial score (nSPS) is 30.5. The van der Waals surface area contributed by atoms with E-state index in [1.165, 1.54) is 0 Å². The molecule has 1 saturated carbocycles. The van der Waals surface area contributed by atoms with E-state index in [1.807, 2.05) is 0 Å². The van der Waals surface area contributed by atoms with Gasteiger partial charge in [-0.05, 0) is 32.1 Å². The van der Waals surface area contributed by atoms with Crippen molar-refractivity contribution in [3.63, 3.8) is 0 Å². The van der Waals surface area contributed by atoms with Crippen molar-refractivity contribution >= 4 is 5.91 Å². The molecular formula is C10H18N2O2. The topological polar surface area (TPSA) is 64.4 Å². The number of amides is 1. The molecule has 0 aromatic carbocycles. The molecule has 0 radical (unpaired) electrons. The van der Waals surface area contributed by atoms with Gasteiger partial charge in [-0.2, -0.15) is 0 Å². The van der Waals surface area contributed by atoms with Crippen molar-refractivity contribution in [1.29, 1.82) is 0 Å². The van der Waals surface area contributed by atoms with Crippen molar-refractivity contribution in [1.82, 2.24) is 5.32 Å². The van der Waals surface area contributed by atoms with Gasteiger partial charge in [0.2, 0.25) is 5.91 Å². The van der Waals surface area contributed by atoms with Crippen molar-refractivity contribution in [2.24, 2.45) is 5.73 Å². The number of carbonyl (C=O) groups is 1. The molecule has 0 bridgehead atoms. The molecule has 1 aliphatic carbocycles. The maximum atomic E-state index is 11.7. The number of hydrogen-bond acceptors (Lipinski definition) is 3. The van der Waals surface area contributed by atoms with Crippen molar-refractivity contribution in [3.8, 4) is 0 Å². The van der Waals surface area contributed by atoms with Crippen LogP contribution in [0.15, 0.2) is 0 Å². The first-order chi connectivity index (χ1) is 6.71. The average molecular weight is 198 g/mol. The van der Waals surface area contributed by atoms with Gasteiger partial charge >= 0.3 is 0 Å². The van der Waals surface area contributed by atoms with Gasteiger partial charge in [0, 0.05) is 6.61 Å². The summed E-state index contributed by atoms with van der Waals surface area (Å²) in [6.45, 7) is 1.46. The summed E-state index contributed by atoms with van der Waals surface area (Å²) in [5.41, 5.74) is 5.34. The Hall–Kier alpha value is -0.610. The Bertz CT molecular complexity index is 220. The molecule has 0 spiro atoms. The smallest absolute Gasteiger partial charge is 0.240 e. The van der Waals surface area contributed by atoms with E-state index >= 15 is 0 Å². The summed E-state index contributed by atoms with van der Waals surface area (Å²) in [4.78, 5) is 11.7. The lowest BCUT2D eigenvalue weighted by molar-refractivity contribution is -0.130. The molecule has 1 amide bonds. The molecule has 1 heterocycles. The van der Waals surface area contributed by atoms with E-state index in [2.05, 4.69) is 5.32 Å². The second kappa shape index (κ2) is 3.87. The van der Waals surface area contributed by atoms with Gasteiger partial charge in [0.15, 0.2) is 0 Å². The summed E-state index contributed by atoms with van der Waals surface area (Å²) in [6.07, 6.45) is 4.77. The Morgan fingerprint density at radius 2 is 2.21 bits per heavy atom. The fourth-order valence-electron chi connectivity index (χ4n) is 1.97. The quantitative estimate of drug-likeness (QED) is 0.664. The lowest BCUT2D eigenvalue weighted by Crippen LogP contribution is -2.60. The van der Waals surface area contributed by atoms with Crippen LogP contribution in [0.2, 0.25) is 0 Å². The summed E-state index contributed by atoms with van der Waals surface area (Å²) in [7, 11) is 0. The molecule has 2 rings (SSSR count). The predicted octanol–water partition coefficient (Wildman–Crippen LogP) is 0.163. The van der Waals surface area contributed by atoms with Gasteiger partial charge < -0.3 is 15.8 Å². The first-order valence-corrected chi connectivity index (χ1v) is 5.38. The van der Waals surface area contributed by atoms with Gasteiger partial charge in [-0.15, -0.1) is 0 Å². The molecule has 1 unspecified atom stereocenters. The maximum Gasteiger partial charge on any atom is 0.240 e. The van der Waals surface area contributed by atoms with Crippen LogP contribution in [0.1, 0.15) is 32.1 Å². The zero-order valence-corrected chi connectivity index (χ0v) is 8.42. The standard InChI is InChI=1S/C10H18N2O2/c11-10(4-2-5-10)9(13)12-8-3-1-6-14-7-8/h8H,1-7,11H2,(H,12,13). The summed E-state index contributed by atoms with van der Waals surface area (Å²) >= 11 is 0. The second-order valence-electron chi connectivity index (χ2n) is 4.40. The molecule has 80 valence electrons. The van der Waals surface area contributed by atoms with Gasteiger partial charge in [-0.25, -0.2) is 0 Å². The van der Waals surface area contributed by atoms with Gasteiger partial charge in [0.25, 0.3) is 0 Å². The highest BCUT2D eigenvalue weighted by molar-refractivity contribution is 5.87. The van der Waals surface area contributed by atoms with E-state index in [4.69, 9.17) is 10.5 Å². The van der Waals surface area contributed by atoms with Gasteiger partial charge in [0.1, 0.15) is 0 Å². The molecule has 0 aromatic heterocycles. The summed E-state index contributed by atoms with van der Waals surface area (Å²) < 4.78 is 5.29. The SMILES string of the molecule is NC1(C(=O)NC2CCCOC2)CCC1. The van der Waals surface area contributed by atoms with Crippen molar-refractivity contribution in [3.05, 3.63) is 0 Å². The van der Waals surface area contributed by atoms with Crippen LogP contribution >= 0.6 is 0 Å². The van der Waals surface area contributed by atoms with E-state index in [1.54, 1.807) is 0 Å². The molecular weight excluding hydrogens is 180 g/mol. The van der Waals surface area contributed by atoms with Gasteiger partial charge in [-0.3, -0.25) is 4.79 Å². The number of rotatable bonds is 2.